The molecule has 3 rings (SSSR count). The van der Waals surface area contributed by atoms with E-state index in [1.54, 1.807) is 6.92 Å². The molecule has 2 fully saturated rings. The zero-order valence-corrected chi connectivity index (χ0v) is 19.1. The number of rotatable bonds is 6. The average molecular weight is 483 g/mol. The summed E-state index contributed by atoms with van der Waals surface area (Å²) < 4.78 is 44.1. The van der Waals surface area contributed by atoms with Gasteiger partial charge in [0.1, 0.15) is 0 Å². The monoisotopic (exact) mass is 483 g/mol. The molecule has 1 aromatic rings. The number of hydrogen-bond acceptors (Lipinski definition) is 5. The van der Waals surface area contributed by atoms with Gasteiger partial charge in [-0.3, -0.25) is 19.2 Å². The first-order valence-electron chi connectivity index (χ1n) is 11.2. The van der Waals surface area contributed by atoms with Crippen molar-refractivity contribution in [3.8, 4) is 0 Å². The van der Waals surface area contributed by atoms with E-state index in [1.165, 1.54) is 33.9 Å². The fourth-order valence-electron chi connectivity index (χ4n) is 4.32. The van der Waals surface area contributed by atoms with Crippen LogP contribution in [-0.2, 0) is 30.1 Å². The highest BCUT2D eigenvalue weighted by Crippen LogP contribution is 2.33. The highest BCUT2D eigenvalue weighted by atomic mass is 19.4. The van der Waals surface area contributed by atoms with Crippen molar-refractivity contribution in [2.75, 3.05) is 44.7 Å². The maximum absolute atomic E-state index is 13.0. The van der Waals surface area contributed by atoms with Crippen molar-refractivity contribution in [3.05, 3.63) is 29.8 Å². The van der Waals surface area contributed by atoms with Crippen LogP contribution < -0.4 is 4.90 Å². The van der Waals surface area contributed by atoms with Gasteiger partial charge in [0, 0.05) is 38.8 Å². The van der Waals surface area contributed by atoms with E-state index in [9.17, 15) is 32.3 Å². The fraction of sp³-hybridized carbons (Fsp3) is 0.565. The van der Waals surface area contributed by atoms with Crippen molar-refractivity contribution in [3.63, 3.8) is 0 Å². The molecule has 0 saturated carbocycles. The lowest BCUT2D eigenvalue weighted by molar-refractivity contribution is -0.152. The number of carbonyl (C=O) groups is 4. The molecule has 0 spiro atoms. The van der Waals surface area contributed by atoms with Gasteiger partial charge in [-0.25, -0.2) is 0 Å². The van der Waals surface area contributed by atoms with Crippen LogP contribution in [0.3, 0.4) is 0 Å². The number of carbonyl (C=O) groups excluding carboxylic acids is 4. The Labute approximate surface area is 195 Å². The van der Waals surface area contributed by atoms with Gasteiger partial charge in [0.15, 0.2) is 0 Å². The van der Waals surface area contributed by atoms with E-state index in [2.05, 4.69) is 0 Å². The molecule has 0 radical (unpaired) electrons. The Bertz CT molecular complexity index is 952. The largest absolute Gasteiger partial charge is 0.466 e. The van der Waals surface area contributed by atoms with Crippen molar-refractivity contribution in [2.24, 2.45) is 11.8 Å². The van der Waals surface area contributed by atoms with E-state index in [1.807, 2.05) is 0 Å². The van der Waals surface area contributed by atoms with Gasteiger partial charge in [-0.15, -0.1) is 0 Å². The first-order chi connectivity index (χ1) is 16.0. The summed E-state index contributed by atoms with van der Waals surface area (Å²) in [6.45, 7) is 2.39. The first-order valence-corrected chi connectivity index (χ1v) is 11.2. The molecule has 3 amide bonds. The third-order valence-electron chi connectivity index (χ3n) is 6.10. The molecule has 0 aliphatic carbocycles. The Kier molecular flexibility index (Phi) is 7.83. The standard InChI is InChI=1S/C23H28F3N3O5/c1-3-34-22(33)15-6-5-9-28(12-15)20(31)14-27(2)21(32)16-10-19(30)29(13-16)18-8-4-7-17(11-18)23(24,25)26/h4,7-8,11,15-16H,3,5-6,9-10,12-14H2,1-2H3. The lowest BCUT2D eigenvalue weighted by atomic mass is 9.98. The van der Waals surface area contributed by atoms with Crippen LogP contribution in [0.2, 0.25) is 0 Å². The second kappa shape index (κ2) is 10.4. The minimum Gasteiger partial charge on any atom is -0.466 e. The average Bonchev–Trinajstić information content (AvgIpc) is 3.19. The molecule has 186 valence electrons. The number of benzene rings is 1. The lowest BCUT2D eigenvalue weighted by Crippen LogP contribution is -2.48. The molecular weight excluding hydrogens is 455 g/mol. The highest BCUT2D eigenvalue weighted by molar-refractivity contribution is 6.00. The maximum atomic E-state index is 13.0. The summed E-state index contributed by atoms with van der Waals surface area (Å²) in [5.74, 6) is -2.71. The van der Waals surface area contributed by atoms with Crippen molar-refractivity contribution in [1.29, 1.82) is 0 Å². The Morgan fingerprint density at radius 1 is 1.18 bits per heavy atom. The molecule has 11 heteroatoms. The molecule has 1 aromatic carbocycles. The number of piperidine rings is 1. The van der Waals surface area contributed by atoms with Gasteiger partial charge in [0.25, 0.3) is 0 Å². The van der Waals surface area contributed by atoms with Crippen LogP contribution in [0.4, 0.5) is 18.9 Å². The van der Waals surface area contributed by atoms with Crippen LogP contribution in [0.15, 0.2) is 24.3 Å². The molecule has 2 heterocycles. The molecule has 2 aliphatic rings. The zero-order chi connectivity index (χ0) is 25.0. The van der Waals surface area contributed by atoms with Gasteiger partial charge < -0.3 is 19.4 Å². The zero-order valence-electron chi connectivity index (χ0n) is 19.1. The molecule has 0 aromatic heterocycles. The summed E-state index contributed by atoms with van der Waals surface area (Å²) in [5, 5.41) is 0. The number of likely N-dealkylation sites (tertiary alicyclic amines) is 1. The quantitative estimate of drug-likeness (QED) is 0.580. The second-order valence-corrected chi connectivity index (χ2v) is 8.58. The van der Waals surface area contributed by atoms with Crippen LogP contribution in [0.25, 0.3) is 0 Å². The number of amides is 3. The predicted molar refractivity (Wildman–Crippen MR) is 115 cm³/mol. The van der Waals surface area contributed by atoms with Crippen LogP contribution in [0.1, 0.15) is 31.7 Å². The van der Waals surface area contributed by atoms with Crippen molar-refractivity contribution in [2.45, 2.75) is 32.4 Å². The smallest absolute Gasteiger partial charge is 0.416 e. The van der Waals surface area contributed by atoms with E-state index in [4.69, 9.17) is 4.74 Å². The summed E-state index contributed by atoms with van der Waals surface area (Å²) in [6.07, 6.45) is -3.42. The van der Waals surface area contributed by atoms with Crippen molar-refractivity contribution < 1.29 is 37.1 Å². The minimum absolute atomic E-state index is 0.0633. The van der Waals surface area contributed by atoms with Gasteiger partial charge >= 0.3 is 12.1 Å². The summed E-state index contributed by atoms with van der Waals surface area (Å²) in [6, 6.07) is 4.41. The Morgan fingerprint density at radius 3 is 2.59 bits per heavy atom. The second-order valence-electron chi connectivity index (χ2n) is 8.58. The topological polar surface area (TPSA) is 87.2 Å². The van der Waals surface area contributed by atoms with Gasteiger partial charge in [-0.05, 0) is 38.0 Å². The van der Waals surface area contributed by atoms with E-state index >= 15 is 0 Å². The van der Waals surface area contributed by atoms with E-state index in [0.29, 0.717) is 19.4 Å². The third-order valence-corrected chi connectivity index (χ3v) is 6.10. The van der Waals surface area contributed by atoms with Gasteiger partial charge in [0.2, 0.25) is 17.7 Å². The normalized spacial score (nSPS) is 20.9. The molecule has 0 N–H and O–H groups in total. The van der Waals surface area contributed by atoms with Crippen LogP contribution in [0, 0.1) is 11.8 Å². The highest BCUT2D eigenvalue weighted by Gasteiger charge is 2.38. The third kappa shape index (κ3) is 5.87. The minimum atomic E-state index is -4.55. The Balaban J connectivity index is 1.59. The van der Waals surface area contributed by atoms with Gasteiger partial charge in [0.05, 0.1) is 30.6 Å². The number of nitrogens with zero attached hydrogens (tertiary/aromatic N) is 3. The molecule has 2 unspecified atom stereocenters. The Hall–Kier alpha value is -3.11. The van der Waals surface area contributed by atoms with Crippen LogP contribution in [0.5, 0.6) is 0 Å². The van der Waals surface area contributed by atoms with Crippen LogP contribution in [-0.4, -0.2) is 73.3 Å². The molecular formula is C23H28F3N3O5. The van der Waals surface area contributed by atoms with Crippen LogP contribution >= 0.6 is 0 Å². The molecule has 2 aliphatic heterocycles. The summed E-state index contributed by atoms with van der Waals surface area (Å²) in [5.41, 5.74) is -0.801. The number of esters is 1. The summed E-state index contributed by atoms with van der Waals surface area (Å²) >= 11 is 0. The van der Waals surface area contributed by atoms with Crippen molar-refractivity contribution in [1.82, 2.24) is 9.80 Å². The van der Waals surface area contributed by atoms with Crippen molar-refractivity contribution >= 4 is 29.4 Å². The number of anilines is 1. The lowest BCUT2D eigenvalue weighted by Gasteiger charge is -2.33. The van der Waals surface area contributed by atoms with E-state index < -0.39 is 35.4 Å². The number of likely N-dealkylation sites (N-methyl/N-ethyl adjacent to an activating group) is 1. The molecule has 2 saturated heterocycles. The summed E-state index contributed by atoms with van der Waals surface area (Å²) in [7, 11) is 1.45. The molecule has 0 bridgehead atoms. The van der Waals surface area contributed by atoms with Gasteiger partial charge in [-0.1, -0.05) is 6.07 Å². The SMILES string of the molecule is CCOC(=O)C1CCCN(C(=O)CN(C)C(=O)C2CC(=O)N(c3cccc(C(F)(F)F)c3)C2)C1. The Morgan fingerprint density at radius 2 is 1.91 bits per heavy atom. The predicted octanol–water partition coefficient (Wildman–Crippen LogP) is 2.32. The van der Waals surface area contributed by atoms with E-state index in [-0.39, 0.29) is 50.2 Å². The number of alkyl halides is 3. The fourth-order valence-corrected chi connectivity index (χ4v) is 4.32. The maximum Gasteiger partial charge on any atom is 0.416 e. The number of hydrogen-bond donors (Lipinski definition) is 0. The molecule has 2 atom stereocenters. The molecule has 34 heavy (non-hydrogen) atoms. The van der Waals surface area contributed by atoms with E-state index in [0.717, 1.165) is 12.1 Å². The number of halogens is 3. The molecule has 8 nitrogen and oxygen atoms in total. The van der Waals surface area contributed by atoms with Gasteiger partial charge in [-0.2, -0.15) is 13.2 Å². The number of ether oxygens (including phenoxy) is 1. The summed E-state index contributed by atoms with van der Waals surface area (Å²) in [4.78, 5) is 54.0. The first kappa shape index (κ1) is 25.5.